The van der Waals surface area contributed by atoms with Crippen LogP contribution in [-0.2, 0) is 9.84 Å². The van der Waals surface area contributed by atoms with Crippen molar-refractivity contribution in [2.45, 2.75) is 63.7 Å². The number of fused-ring (bicyclic) bond motifs is 2. The van der Waals surface area contributed by atoms with E-state index in [9.17, 15) is 13.2 Å². The molecular weight excluding hydrogens is 408 g/mol. The van der Waals surface area contributed by atoms with Crippen LogP contribution in [0.5, 0.6) is 0 Å². The molecule has 2 heterocycles. The van der Waals surface area contributed by atoms with Crippen molar-refractivity contribution in [3.63, 3.8) is 0 Å². The molecule has 0 N–H and O–H groups in total. The molecule has 2 aliphatic carbocycles. The number of benzene rings is 1. The summed E-state index contributed by atoms with van der Waals surface area (Å²) in [6.45, 7) is 7.38. The van der Waals surface area contributed by atoms with E-state index in [2.05, 4.69) is 11.8 Å². The normalized spacial score (nSPS) is 25.4. The molecule has 6 heteroatoms. The lowest BCUT2D eigenvalue weighted by Crippen LogP contribution is -2.43. The largest absolute Gasteiger partial charge is 0.339 e. The van der Waals surface area contributed by atoms with Crippen molar-refractivity contribution in [2.24, 2.45) is 5.92 Å². The van der Waals surface area contributed by atoms with Crippen LogP contribution in [0.25, 0.3) is 5.57 Å². The second-order valence-electron chi connectivity index (χ2n) is 9.92. The van der Waals surface area contributed by atoms with Crippen LogP contribution in [0.15, 0.2) is 23.8 Å². The molecule has 0 aromatic heterocycles. The molecule has 1 saturated carbocycles. The zero-order valence-corrected chi connectivity index (χ0v) is 19.6. The Hall–Kier alpha value is -1.66. The van der Waals surface area contributed by atoms with Crippen molar-refractivity contribution in [1.82, 2.24) is 9.80 Å². The van der Waals surface area contributed by atoms with Gasteiger partial charge in [0.2, 0.25) is 0 Å². The van der Waals surface area contributed by atoms with E-state index >= 15 is 0 Å². The first-order valence-corrected chi connectivity index (χ1v) is 13.7. The summed E-state index contributed by atoms with van der Waals surface area (Å²) in [4.78, 5) is 17.7. The van der Waals surface area contributed by atoms with Crippen LogP contribution in [0.4, 0.5) is 0 Å². The molecule has 168 valence electrons. The lowest BCUT2D eigenvalue weighted by Gasteiger charge is -2.40. The minimum absolute atomic E-state index is 0.0882. The topological polar surface area (TPSA) is 57.7 Å². The van der Waals surface area contributed by atoms with Crippen molar-refractivity contribution in [1.29, 1.82) is 0 Å². The third-order valence-corrected chi connectivity index (χ3v) is 10.1. The molecule has 0 bridgehead atoms. The average molecular weight is 443 g/mol. The molecule has 31 heavy (non-hydrogen) atoms. The number of likely N-dealkylation sites (tertiary alicyclic amines) is 1. The fraction of sp³-hybridized carbons (Fsp3) is 0.640. The van der Waals surface area contributed by atoms with Gasteiger partial charge < -0.3 is 4.90 Å². The fourth-order valence-corrected chi connectivity index (χ4v) is 7.37. The number of hydrogen-bond acceptors (Lipinski definition) is 4. The molecule has 5 nitrogen and oxygen atoms in total. The Balaban J connectivity index is 1.51. The van der Waals surface area contributed by atoms with E-state index in [-0.39, 0.29) is 11.7 Å². The standard InChI is InChI=1S/C25H34N2O3S/c1-3-31(29,30)24-20-8-7-18(25(28)26-12-9-17(2)10-13-26)15-22(20)23-16-27(14-11-21(23)24)19-5-4-6-19/h7-8,15,17,19,24H,3-6,9-14,16H2,1-2H3. The first-order valence-electron chi connectivity index (χ1n) is 12.0. The molecule has 4 aliphatic rings. The van der Waals surface area contributed by atoms with Crippen molar-refractivity contribution in [3.05, 3.63) is 40.5 Å². The van der Waals surface area contributed by atoms with Crippen LogP contribution in [-0.4, -0.2) is 62.1 Å². The molecule has 2 aliphatic heterocycles. The van der Waals surface area contributed by atoms with Gasteiger partial charge in [-0.25, -0.2) is 8.42 Å². The van der Waals surface area contributed by atoms with Crippen LogP contribution in [0.2, 0.25) is 0 Å². The molecule has 5 rings (SSSR count). The Morgan fingerprint density at radius 3 is 2.48 bits per heavy atom. The molecule has 1 atom stereocenters. The van der Waals surface area contributed by atoms with Gasteiger partial charge in [0.1, 0.15) is 5.25 Å². The Labute approximate surface area is 186 Å². The number of sulfone groups is 1. The van der Waals surface area contributed by atoms with Gasteiger partial charge in [-0.2, -0.15) is 0 Å². The number of amides is 1. The molecule has 1 amide bonds. The third kappa shape index (κ3) is 3.66. The highest BCUT2D eigenvalue weighted by Crippen LogP contribution is 2.49. The highest BCUT2D eigenvalue weighted by atomic mass is 32.2. The van der Waals surface area contributed by atoms with E-state index in [1.165, 1.54) is 24.8 Å². The fourth-order valence-electron chi connectivity index (χ4n) is 5.75. The summed E-state index contributed by atoms with van der Waals surface area (Å²) < 4.78 is 26.2. The van der Waals surface area contributed by atoms with Gasteiger partial charge in [-0.15, -0.1) is 0 Å². The maximum atomic E-state index is 13.2. The van der Waals surface area contributed by atoms with Gasteiger partial charge >= 0.3 is 0 Å². The minimum atomic E-state index is -3.24. The lowest BCUT2D eigenvalue weighted by molar-refractivity contribution is 0.0697. The second kappa shape index (κ2) is 8.04. The monoisotopic (exact) mass is 442 g/mol. The zero-order chi connectivity index (χ0) is 21.8. The Morgan fingerprint density at radius 1 is 1.10 bits per heavy atom. The summed E-state index contributed by atoms with van der Waals surface area (Å²) in [7, 11) is -3.24. The van der Waals surface area contributed by atoms with Gasteiger partial charge in [-0.05, 0) is 72.4 Å². The Kier molecular flexibility index (Phi) is 5.50. The van der Waals surface area contributed by atoms with Crippen LogP contribution < -0.4 is 0 Å². The summed E-state index contributed by atoms with van der Waals surface area (Å²) >= 11 is 0. The van der Waals surface area contributed by atoms with Gasteiger partial charge in [-0.3, -0.25) is 9.69 Å². The third-order valence-electron chi connectivity index (χ3n) is 8.06. The van der Waals surface area contributed by atoms with Gasteiger partial charge in [0.25, 0.3) is 5.91 Å². The molecule has 0 spiro atoms. The first-order chi connectivity index (χ1) is 14.9. The van der Waals surface area contributed by atoms with Gasteiger partial charge in [-0.1, -0.05) is 26.3 Å². The highest BCUT2D eigenvalue weighted by Gasteiger charge is 2.42. The summed E-state index contributed by atoms with van der Waals surface area (Å²) in [5.74, 6) is 0.911. The number of nitrogens with zero attached hydrogens (tertiary/aromatic N) is 2. The molecule has 1 aromatic carbocycles. The van der Waals surface area contributed by atoms with E-state index in [1.807, 2.05) is 23.1 Å². The highest BCUT2D eigenvalue weighted by molar-refractivity contribution is 7.91. The van der Waals surface area contributed by atoms with E-state index in [0.717, 1.165) is 62.1 Å². The van der Waals surface area contributed by atoms with E-state index in [4.69, 9.17) is 0 Å². The van der Waals surface area contributed by atoms with Crippen molar-refractivity contribution in [3.8, 4) is 0 Å². The predicted molar refractivity (Wildman–Crippen MR) is 124 cm³/mol. The molecule has 0 radical (unpaired) electrons. The van der Waals surface area contributed by atoms with Crippen LogP contribution in [0.1, 0.15) is 79.1 Å². The number of rotatable bonds is 4. The second-order valence-corrected chi connectivity index (χ2v) is 12.3. The van der Waals surface area contributed by atoms with Gasteiger partial charge in [0.05, 0.1) is 0 Å². The van der Waals surface area contributed by atoms with Crippen LogP contribution in [0.3, 0.4) is 0 Å². The van der Waals surface area contributed by atoms with E-state index < -0.39 is 15.1 Å². The van der Waals surface area contributed by atoms with Gasteiger partial charge in [0, 0.05) is 43.5 Å². The maximum Gasteiger partial charge on any atom is 0.253 e. The SMILES string of the molecule is CCS(=O)(=O)C1C2=C(CN(C3CCC3)CC2)c2cc(C(=O)N3CCC(C)CC3)ccc21. The Bertz CT molecular complexity index is 1020. The molecule has 1 unspecified atom stereocenters. The molecule has 1 saturated heterocycles. The van der Waals surface area contributed by atoms with Crippen molar-refractivity contribution in [2.75, 3.05) is 31.9 Å². The lowest BCUT2D eigenvalue weighted by atomic mass is 9.88. The molecule has 2 fully saturated rings. The van der Waals surface area contributed by atoms with E-state index in [1.54, 1.807) is 6.92 Å². The van der Waals surface area contributed by atoms with Crippen LogP contribution >= 0.6 is 0 Å². The molecular formula is C25H34N2O3S. The average Bonchev–Trinajstić information content (AvgIpc) is 3.06. The van der Waals surface area contributed by atoms with Crippen molar-refractivity contribution < 1.29 is 13.2 Å². The van der Waals surface area contributed by atoms with Crippen LogP contribution in [0, 0.1) is 5.92 Å². The number of piperidine rings is 1. The predicted octanol–water partition coefficient (Wildman–Crippen LogP) is 4.06. The summed E-state index contributed by atoms with van der Waals surface area (Å²) in [5, 5.41) is -0.522. The quantitative estimate of drug-likeness (QED) is 0.706. The summed E-state index contributed by atoms with van der Waals surface area (Å²) in [6, 6.07) is 6.43. The zero-order valence-electron chi connectivity index (χ0n) is 18.8. The molecule has 1 aromatic rings. The van der Waals surface area contributed by atoms with Gasteiger partial charge in [0.15, 0.2) is 9.84 Å². The first kappa shape index (κ1) is 21.2. The summed E-state index contributed by atoms with van der Waals surface area (Å²) in [5.41, 5.74) is 4.87. The van der Waals surface area contributed by atoms with E-state index in [0.29, 0.717) is 17.5 Å². The smallest absolute Gasteiger partial charge is 0.253 e. The number of carbonyl (C=O) groups excluding carboxylic acids is 1. The maximum absolute atomic E-state index is 13.2. The van der Waals surface area contributed by atoms with Crippen molar-refractivity contribution >= 4 is 21.3 Å². The minimum Gasteiger partial charge on any atom is -0.339 e. The number of carbonyl (C=O) groups is 1. The Morgan fingerprint density at radius 2 is 1.84 bits per heavy atom. The summed E-state index contributed by atoms with van der Waals surface area (Å²) in [6.07, 6.45) is 6.72. The number of hydrogen-bond donors (Lipinski definition) is 0.